The predicted octanol–water partition coefficient (Wildman–Crippen LogP) is 1.89. The van der Waals surface area contributed by atoms with Crippen LogP contribution in [0.1, 0.15) is 45.3 Å². The first-order valence-corrected chi connectivity index (χ1v) is 10.8. The number of ether oxygens (including phenoxy) is 1. The zero-order chi connectivity index (χ0) is 19.9. The van der Waals surface area contributed by atoms with Crippen molar-refractivity contribution in [2.45, 2.75) is 59.2 Å². The lowest BCUT2D eigenvalue weighted by Crippen LogP contribution is -2.47. The average Bonchev–Trinajstić information content (AvgIpc) is 3.03. The van der Waals surface area contributed by atoms with Crippen molar-refractivity contribution in [1.82, 2.24) is 30.3 Å². The maximum absolute atomic E-state index is 5.15. The van der Waals surface area contributed by atoms with Gasteiger partial charge < -0.3 is 20.3 Å². The van der Waals surface area contributed by atoms with E-state index >= 15 is 0 Å². The molecule has 29 heavy (non-hydrogen) atoms. The van der Waals surface area contributed by atoms with Crippen molar-refractivity contribution in [2.24, 2.45) is 16.8 Å². The second-order valence-corrected chi connectivity index (χ2v) is 8.41. The van der Waals surface area contributed by atoms with Crippen LogP contribution >= 0.6 is 24.0 Å². The number of likely N-dealkylation sites (tertiary alicyclic amines) is 1. The molecule has 3 rings (SSSR count). The molecule has 2 aliphatic rings. The molecule has 0 spiro atoms. The van der Waals surface area contributed by atoms with E-state index in [9.17, 15) is 0 Å². The fourth-order valence-corrected chi connectivity index (χ4v) is 4.46. The Balaban J connectivity index is 0.00000300. The van der Waals surface area contributed by atoms with E-state index in [1.54, 1.807) is 7.11 Å². The number of nitrogens with zero attached hydrogens (tertiary/aromatic N) is 5. The van der Waals surface area contributed by atoms with E-state index in [1.165, 1.54) is 19.5 Å². The average molecular weight is 519 g/mol. The van der Waals surface area contributed by atoms with Crippen LogP contribution < -0.4 is 10.6 Å². The minimum Gasteiger partial charge on any atom is -0.377 e. The quantitative estimate of drug-likeness (QED) is 0.326. The lowest BCUT2D eigenvalue weighted by molar-refractivity contribution is 0.145. The molecule has 2 N–H and O–H groups in total. The van der Waals surface area contributed by atoms with Gasteiger partial charge in [0, 0.05) is 45.8 Å². The number of halogens is 1. The number of rotatable bonds is 7. The van der Waals surface area contributed by atoms with Crippen LogP contribution in [0.4, 0.5) is 0 Å². The first-order chi connectivity index (χ1) is 13.6. The van der Waals surface area contributed by atoms with E-state index in [-0.39, 0.29) is 24.0 Å². The molecule has 0 aliphatic carbocycles. The van der Waals surface area contributed by atoms with Crippen molar-refractivity contribution in [2.75, 3.05) is 39.8 Å². The van der Waals surface area contributed by atoms with Crippen LogP contribution in [0.3, 0.4) is 0 Å². The van der Waals surface area contributed by atoms with E-state index in [4.69, 9.17) is 9.73 Å². The number of nitrogens with one attached hydrogen (secondary N) is 2. The van der Waals surface area contributed by atoms with Gasteiger partial charge in [0.2, 0.25) is 0 Å². The maximum atomic E-state index is 5.15. The Morgan fingerprint density at radius 2 is 2.00 bits per heavy atom. The Kier molecular flexibility index (Phi) is 10.1. The summed E-state index contributed by atoms with van der Waals surface area (Å²) < 4.78 is 7.16. The number of fused-ring (bicyclic) bond motifs is 1. The molecule has 0 bridgehead atoms. The second kappa shape index (κ2) is 12.0. The van der Waals surface area contributed by atoms with Crippen LogP contribution in [0.25, 0.3) is 0 Å². The monoisotopic (exact) mass is 519 g/mol. The number of aryl methyl sites for hydroxylation is 1. The van der Waals surface area contributed by atoms with Gasteiger partial charge in [-0.1, -0.05) is 13.8 Å². The molecule has 9 heteroatoms. The summed E-state index contributed by atoms with van der Waals surface area (Å²) in [6.07, 6.45) is 3.32. The summed E-state index contributed by atoms with van der Waals surface area (Å²) in [5.41, 5.74) is 0. The number of hydrogen-bond acceptors (Lipinski definition) is 5. The molecule has 0 amide bonds. The second-order valence-electron chi connectivity index (χ2n) is 8.41. The Bertz CT molecular complexity index is 641. The first-order valence-electron chi connectivity index (χ1n) is 10.8. The van der Waals surface area contributed by atoms with E-state index in [0.717, 1.165) is 68.5 Å². The Morgan fingerprint density at radius 1 is 1.24 bits per heavy atom. The third kappa shape index (κ3) is 7.36. The zero-order valence-corrected chi connectivity index (χ0v) is 20.7. The van der Waals surface area contributed by atoms with Crippen LogP contribution in [0, 0.1) is 11.8 Å². The van der Waals surface area contributed by atoms with Crippen molar-refractivity contribution in [3.63, 3.8) is 0 Å². The van der Waals surface area contributed by atoms with E-state index < -0.39 is 0 Å². The molecule has 3 unspecified atom stereocenters. The Morgan fingerprint density at radius 3 is 2.69 bits per heavy atom. The summed E-state index contributed by atoms with van der Waals surface area (Å²) in [5.74, 6) is 4.32. The number of guanidine groups is 1. The summed E-state index contributed by atoms with van der Waals surface area (Å²) in [5, 5.41) is 11.5. The van der Waals surface area contributed by atoms with Gasteiger partial charge >= 0.3 is 0 Å². The lowest BCUT2D eigenvalue weighted by atomic mass is 9.92. The number of hydrogen-bond donors (Lipinski definition) is 2. The van der Waals surface area contributed by atoms with E-state index in [1.807, 2.05) is 4.68 Å². The summed E-state index contributed by atoms with van der Waals surface area (Å²) >= 11 is 0. The van der Waals surface area contributed by atoms with Crippen molar-refractivity contribution in [1.29, 1.82) is 0 Å². The molecule has 1 aromatic heterocycles. The van der Waals surface area contributed by atoms with Gasteiger partial charge in [0.15, 0.2) is 11.8 Å². The van der Waals surface area contributed by atoms with Gasteiger partial charge in [0.25, 0.3) is 0 Å². The minimum atomic E-state index is 0. The molecule has 8 nitrogen and oxygen atoms in total. The number of aliphatic imine (C=N–C) groups is 1. The SMILES string of the molecule is CCNC(=NCCN1CC(C)CC(C)C1)NC1CCc2nc(COC)nn2C1.I. The molecule has 0 saturated carbocycles. The highest BCUT2D eigenvalue weighted by Gasteiger charge is 2.23. The van der Waals surface area contributed by atoms with Crippen LogP contribution in [0.15, 0.2) is 4.99 Å². The maximum Gasteiger partial charge on any atom is 0.191 e. The molecule has 1 aromatic rings. The number of piperidine rings is 1. The molecular formula is C20H38IN7O. The molecule has 0 radical (unpaired) electrons. The minimum absolute atomic E-state index is 0. The molecule has 1 fully saturated rings. The molecular weight excluding hydrogens is 481 g/mol. The van der Waals surface area contributed by atoms with Crippen LogP contribution in [0.5, 0.6) is 0 Å². The standard InChI is InChI=1S/C20H37N7O.HI/c1-5-21-20(22-8-9-26-11-15(2)10-16(3)12-26)23-17-6-7-19-24-18(14-28-4)25-27(19)13-17;/h15-17H,5-14H2,1-4H3,(H2,21,22,23);1H. The third-order valence-corrected chi connectivity index (χ3v) is 5.49. The van der Waals surface area contributed by atoms with Crippen molar-refractivity contribution < 1.29 is 4.74 Å². The van der Waals surface area contributed by atoms with Gasteiger partial charge in [0.1, 0.15) is 12.4 Å². The fourth-order valence-electron chi connectivity index (χ4n) is 4.46. The summed E-state index contributed by atoms with van der Waals surface area (Å²) in [4.78, 5) is 11.9. The number of aromatic nitrogens is 3. The summed E-state index contributed by atoms with van der Waals surface area (Å²) in [6, 6.07) is 0.317. The molecule has 3 heterocycles. The summed E-state index contributed by atoms with van der Waals surface area (Å²) in [6.45, 7) is 13.2. The van der Waals surface area contributed by atoms with Crippen molar-refractivity contribution in [3.8, 4) is 0 Å². The lowest BCUT2D eigenvalue weighted by Gasteiger charge is -2.34. The Hall–Kier alpha value is -0.940. The predicted molar refractivity (Wildman–Crippen MR) is 127 cm³/mol. The third-order valence-electron chi connectivity index (χ3n) is 5.49. The molecule has 2 aliphatic heterocycles. The highest BCUT2D eigenvalue weighted by Crippen LogP contribution is 2.20. The van der Waals surface area contributed by atoms with Gasteiger partial charge in [-0.25, -0.2) is 9.67 Å². The van der Waals surface area contributed by atoms with E-state index in [0.29, 0.717) is 12.6 Å². The molecule has 1 saturated heterocycles. The van der Waals surface area contributed by atoms with Crippen molar-refractivity contribution >= 4 is 29.9 Å². The summed E-state index contributed by atoms with van der Waals surface area (Å²) in [7, 11) is 1.68. The van der Waals surface area contributed by atoms with Gasteiger partial charge in [-0.05, 0) is 31.6 Å². The molecule has 3 atom stereocenters. The van der Waals surface area contributed by atoms with Crippen LogP contribution in [0.2, 0.25) is 0 Å². The molecule has 0 aromatic carbocycles. The van der Waals surface area contributed by atoms with Crippen LogP contribution in [-0.4, -0.2) is 71.5 Å². The van der Waals surface area contributed by atoms with Gasteiger partial charge in [0.05, 0.1) is 13.1 Å². The zero-order valence-electron chi connectivity index (χ0n) is 18.4. The van der Waals surface area contributed by atoms with Gasteiger partial charge in [-0.3, -0.25) is 4.99 Å². The normalized spacial score (nSPS) is 25.2. The topological polar surface area (TPSA) is 79.6 Å². The smallest absolute Gasteiger partial charge is 0.191 e. The highest BCUT2D eigenvalue weighted by atomic mass is 127. The van der Waals surface area contributed by atoms with Gasteiger partial charge in [-0.15, -0.1) is 24.0 Å². The molecule has 166 valence electrons. The Labute approximate surface area is 192 Å². The fraction of sp³-hybridized carbons (Fsp3) is 0.850. The highest BCUT2D eigenvalue weighted by molar-refractivity contribution is 14.0. The van der Waals surface area contributed by atoms with Crippen molar-refractivity contribution in [3.05, 3.63) is 11.6 Å². The number of methoxy groups -OCH3 is 1. The van der Waals surface area contributed by atoms with Crippen LogP contribution in [-0.2, 0) is 24.3 Å². The largest absolute Gasteiger partial charge is 0.377 e. The van der Waals surface area contributed by atoms with Gasteiger partial charge in [-0.2, -0.15) is 5.10 Å². The first kappa shape index (κ1) is 24.3. The van der Waals surface area contributed by atoms with E-state index in [2.05, 4.69) is 46.4 Å².